The molecule has 2 aromatic heterocycles. The van der Waals surface area contributed by atoms with Crippen molar-refractivity contribution in [1.82, 2.24) is 14.5 Å². The number of benzene rings is 7. The molecule has 0 spiro atoms. The molecule has 4 heteroatoms. The number of rotatable bonds is 9. The van der Waals surface area contributed by atoms with Crippen molar-refractivity contribution >= 4 is 11.0 Å². The predicted octanol–water partition coefficient (Wildman–Crippen LogP) is 16.6. The van der Waals surface area contributed by atoms with Gasteiger partial charge in [0.2, 0.25) is 0 Å². The maximum Gasteiger partial charge on any atom is 0.149 e. The Hall–Kier alpha value is -7.04. The summed E-state index contributed by atoms with van der Waals surface area (Å²) in [5.41, 5.74) is 19.2. The van der Waals surface area contributed by atoms with Gasteiger partial charge in [0.05, 0.1) is 28.0 Å². The van der Waals surface area contributed by atoms with E-state index in [1.165, 1.54) is 5.56 Å². The van der Waals surface area contributed by atoms with E-state index in [-0.39, 0.29) is 11.2 Å². The first-order valence-corrected chi connectivity index (χ1v) is 22.6. The van der Waals surface area contributed by atoms with Crippen molar-refractivity contribution in [1.29, 1.82) is 0 Å². The SMILES string of the molecule is [2H]C(C)(C)c1cc(-c2ccc(-n3c(-c4cc(C(C)(C)C)cc(C)c4O)nc4c(-c5cc(-c6ccccc6)cc(-c6cc(-c7ccc(C)cc7)ccn6)c5)cccc43)c(C)c2)cc(C([2H])(C)C)c1. The normalized spacial score (nSPS) is 12.6. The highest BCUT2D eigenvalue weighted by atomic mass is 16.3. The molecule has 0 bridgehead atoms. The largest absolute Gasteiger partial charge is 0.507 e. The Labute approximate surface area is 388 Å². The number of aromatic nitrogens is 3. The molecule has 0 fully saturated rings. The topological polar surface area (TPSA) is 50.9 Å². The van der Waals surface area contributed by atoms with Gasteiger partial charge in [0, 0.05) is 20.1 Å². The highest BCUT2D eigenvalue weighted by Gasteiger charge is 2.25. The summed E-state index contributed by atoms with van der Waals surface area (Å²) in [6.07, 6.45) is 1.89. The average molecular weight is 852 g/mol. The molecule has 2 heterocycles. The van der Waals surface area contributed by atoms with Gasteiger partial charge in [-0.1, -0.05) is 151 Å². The van der Waals surface area contributed by atoms with Gasteiger partial charge in [-0.3, -0.25) is 9.55 Å². The Morgan fingerprint density at radius 3 is 1.85 bits per heavy atom. The second-order valence-electron chi connectivity index (χ2n) is 19.1. The molecule has 0 aliphatic heterocycles. The Morgan fingerprint density at radius 1 is 0.538 bits per heavy atom. The fourth-order valence-electron chi connectivity index (χ4n) is 8.84. The summed E-state index contributed by atoms with van der Waals surface area (Å²) < 4.78 is 20.0. The van der Waals surface area contributed by atoms with Crippen molar-refractivity contribution in [2.24, 2.45) is 0 Å². The van der Waals surface area contributed by atoms with Crippen LogP contribution in [0.4, 0.5) is 0 Å². The number of hydrogen-bond donors (Lipinski definition) is 1. The first-order chi connectivity index (χ1) is 31.7. The van der Waals surface area contributed by atoms with E-state index < -0.39 is 11.8 Å². The predicted molar refractivity (Wildman–Crippen MR) is 274 cm³/mol. The molecule has 0 aliphatic rings. The van der Waals surface area contributed by atoms with E-state index >= 15 is 0 Å². The van der Waals surface area contributed by atoms with Crippen LogP contribution in [0.25, 0.3) is 83.9 Å². The van der Waals surface area contributed by atoms with Crippen LogP contribution in [0.5, 0.6) is 5.75 Å². The summed E-state index contributed by atoms with van der Waals surface area (Å²) in [5, 5.41) is 12.0. The number of hydrogen-bond acceptors (Lipinski definition) is 3. The smallest absolute Gasteiger partial charge is 0.149 e. The second kappa shape index (κ2) is 17.2. The van der Waals surface area contributed by atoms with Crippen LogP contribution < -0.4 is 0 Å². The quantitative estimate of drug-likeness (QED) is 0.157. The van der Waals surface area contributed by atoms with E-state index in [0.717, 1.165) is 100 Å². The highest BCUT2D eigenvalue weighted by molar-refractivity contribution is 5.98. The third-order valence-electron chi connectivity index (χ3n) is 12.7. The molecule has 324 valence electrons. The minimum absolute atomic E-state index is 0.180. The molecular weight excluding hydrogens is 791 g/mol. The van der Waals surface area contributed by atoms with E-state index in [1.807, 2.05) is 52.9 Å². The first kappa shape index (κ1) is 40.7. The molecule has 0 atom stereocenters. The number of phenols is 1. The standard InChI is InChI=1S/C61H59N3O/c1-37(2)46-29-47(38(3)4)31-49(30-46)44-23-24-56(40(6)27-44)64-57-18-14-17-53(58(57)63-60(64)54-36-52(61(8,9)10)28-41(7)59(54)65)50-32-48(42-15-12-11-13-16-42)33-51(34-50)55-35-45(25-26-62-55)43-21-19-39(5)20-22-43/h11-38,65H,1-10H3/i37D,38D. The van der Waals surface area contributed by atoms with Crippen molar-refractivity contribution in [3.8, 4) is 78.6 Å². The van der Waals surface area contributed by atoms with Crippen LogP contribution in [0.1, 0.15) is 96.4 Å². The second-order valence-corrected chi connectivity index (χ2v) is 19.1. The molecule has 9 rings (SSSR count). The van der Waals surface area contributed by atoms with Crippen molar-refractivity contribution in [3.63, 3.8) is 0 Å². The van der Waals surface area contributed by atoms with Gasteiger partial charge in [-0.05, 0) is 159 Å². The van der Waals surface area contributed by atoms with Gasteiger partial charge < -0.3 is 5.11 Å². The van der Waals surface area contributed by atoms with Crippen molar-refractivity contribution in [2.45, 2.75) is 86.4 Å². The lowest BCUT2D eigenvalue weighted by atomic mass is 9.84. The maximum absolute atomic E-state index is 12.0. The zero-order chi connectivity index (χ0) is 47.6. The van der Waals surface area contributed by atoms with Crippen LogP contribution in [-0.2, 0) is 5.41 Å². The molecule has 0 aliphatic carbocycles. The van der Waals surface area contributed by atoms with Gasteiger partial charge >= 0.3 is 0 Å². The van der Waals surface area contributed by atoms with Gasteiger partial charge in [0.15, 0.2) is 0 Å². The molecular formula is C61H59N3O. The number of pyridine rings is 1. The molecule has 0 amide bonds. The fraction of sp³-hybridized carbons (Fsp3) is 0.213. The van der Waals surface area contributed by atoms with Crippen molar-refractivity contribution < 1.29 is 7.85 Å². The molecule has 0 unspecified atom stereocenters. The first-order valence-electron chi connectivity index (χ1n) is 23.6. The summed E-state index contributed by atoms with van der Waals surface area (Å²) in [4.78, 5) is 10.5. The lowest BCUT2D eigenvalue weighted by molar-refractivity contribution is 0.471. The Kier molecular flexibility index (Phi) is 10.7. The number of imidazole rings is 1. The average Bonchev–Trinajstić information content (AvgIpc) is 3.68. The Balaban J connectivity index is 1.28. The Bertz CT molecular complexity index is 3290. The molecule has 65 heavy (non-hydrogen) atoms. The number of nitrogens with zero attached hydrogens (tertiary/aromatic N) is 3. The summed E-state index contributed by atoms with van der Waals surface area (Å²) in [6.45, 7) is 20.4. The Morgan fingerprint density at radius 2 is 1.17 bits per heavy atom. The molecule has 4 nitrogen and oxygen atoms in total. The maximum atomic E-state index is 12.0. The minimum Gasteiger partial charge on any atom is -0.507 e. The van der Waals surface area contributed by atoms with Crippen molar-refractivity contribution in [2.75, 3.05) is 0 Å². The third kappa shape index (κ3) is 8.54. The molecule has 0 saturated heterocycles. The van der Waals surface area contributed by atoms with Crippen LogP contribution in [0, 0.1) is 20.8 Å². The number of aryl methyl sites for hydroxylation is 3. The summed E-state index contributed by atoms with van der Waals surface area (Å²) >= 11 is 0. The van der Waals surface area contributed by atoms with Gasteiger partial charge in [0.1, 0.15) is 11.6 Å². The van der Waals surface area contributed by atoms with E-state index in [0.29, 0.717) is 11.4 Å². The number of para-hydroxylation sites is 1. The molecule has 0 radical (unpaired) electrons. The zero-order valence-corrected chi connectivity index (χ0v) is 39.3. The van der Waals surface area contributed by atoms with Crippen LogP contribution in [0.15, 0.2) is 158 Å². The van der Waals surface area contributed by atoms with Crippen LogP contribution in [0.2, 0.25) is 0 Å². The summed E-state index contributed by atoms with van der Waals surface area (Å²) in [5.74, 6) is -0.821. The van der Waals surface area contributed by atoms with E-state index in [2.05, 4.69) is 179 Å². The van der Waals surface area contributed by atoms with Crippen LogP contribution in [-0.4, -0.2) is 19.6 Å². The highest BCUT2D eigenvalue weighted by Crippen LogP contribution is 2.43. The van der Waals surface area contributed by atoms with E-state index in [4.69, 9.17) is 12.7 Å². The fourth-order valence-corrected chi connectivity index (χ4v) is 8.84. The molecule has 1 N–H and O–H groups in total. The molecule has 7 aromatic carbocycles. The summed E-state index contributed by atoms with van der Waals surface area (Å²) in [6, 6.07) is 53.2. The number of phenolic OH excluding ortho intramolecular Hbond substituents is 1. The monoisotopic (exact) mass is 851 g/mol. The molecule has 9 aromatic rings. The van der Waals surface area contributed by atoms with Gasteiger partial charge in [-0.2, -0.15) is 0 Å². The number of fused-ring (bicyclic) bond motifs is 1. The van der Waals surface area contributed by atoms with Crippen molar-refractivity contribution in [3.05, 3.63) is 191 Å². The van der Waals surface area contributed by atoms with E-state index in [1.54, 1.807) is 0 Å². The summed E-state index contributed by atoms with van der Waals surface area (Å²) in [7, 11) is 0. The number of aromatic hydroxyl groups is 1. The van der Waals surface area contributed by atoms with Gasteiger partial charge in [-0.25, -0.2) is 4.98 Å². The minimum atomic E-state index is -0.835. The van der Waals surface area contributed by atoms with E-state index in [9.17, 15) is 5.11 Å². The van der Waals surface area contributed by atoms with Gasteiger partial charge in [0.25, 0.3) is 0 Å². The lowest BCUT2D eigenvalue weighted by Crippen LogP contribution is -2.12. The lowest BCUT2D eigenvalue weighted by Gasteiger charge is -2.22. The zero-order valence-electron chi connectivity index (χ0n) is 41.3. The molecule has 0 saturated carbocycles. The van der Waals surface area contributed by atoms with Crippen LogP contribution in [0.3, 0.4) is 0 Å². The third-order valence-corrected chi connectivity index (χ3v) is 12.7. The van der Waals surface area contributed by atoms with Crippen LogP contribution >= 0.6 is 0 Å². The van der Waals surface area contributed by atoms with Gasteiger partial charge in [-0.15, -0.1) is 0 Å².